The van der Waals surface area contributed by atoms with Gasteiger partial charge >= 0.3 is 0 Å². The Morgan fingerprint density at radius 3 is 3.25 bits per heavy atom. The summed E-state index contributed by atoms with van der Waals surface area (Å²) in [6.45, 7) is 3.83. The van der Waals surface area contributed by atoms with E-state index in [0.717, 1.165) is 32.7 Å². The highest BCUT2D eigenvalue weighted by Crippen LogP contribution is 2.30. The number of ether oxygens (including phenoxy) is 1. The predicted molar refractivity (Wildman–Crippen MR) is 61.4 cm³/mol. The third-order valence-corrected chi connectivity index (χ3v) is 3.70. The highest BCUT2D eigenvalue weighted by atomic mass is 16.5. The molecule has 0 aliphatic carbocycles. The quantitative estimate of drug-likeness (QED) is 0.767. The van der Waals surface area contributed by atoms with E-state index in [1.165, 1.54) is 29.8 Å². The smallest absolute Gasteiger partial charge is 0.0714 e. The molecule has 0 radical (unpaired) electrons. The lowest BCUT2D eigenvalue weighted by Crippen LogP contribution is -2.25. The van der Waals surface area contributed by atoms with Crippen LogP contribution in [-0.2, 0) is 24.8 Å². The van der Waals surface area contributed by atoms with Crippen molar-refractivity contribution in [1.29, 1.82) is 0 Å². The van der Waals surface area contributed by atoms with Gasteiger partial charge in [0.15, 0.2) is 0 Å². The zero-order chi connectivity index (χ0) is 11.0. The fourth-order valence-electron chi connectivity index (χ4n) is 2.82. The van der Waals surface area contributed by atoms with Gasteiger partial charge in [-0.2, -0.15) is 5.10 Å². The molecule has 0 spiro atoms. The lowest BCUT2D eigenvalue weighted by molar-refractivity contribution is 0.0789. The van der Waals surface area contributed by atoms with Gasteiger partial charge in [-0.25, -0.2) is 0 Å². The van der Waals surface area contributed by atoms with E-state index in [2.05, 4.69) is 12.4 Å². The SMILES string of the molecule is Cn1nc(C2CCCOC2)c2c1CNCC2. The van der Waals surface area contributed by atoms with Crippen molar-refractivity contribution in [1.82, 2.24) is 15.1 Å². The maximum atomic E-state index is 5.57. The van der Waals surface area contributed by atoms with Crippen LogP contribution in [0.5, 0.6) is 0 Å². The van der Waals surface area contributed by atoms with Crippen LogP contribution >= 0.6 is 0 Å². The number of hydrogen-bond donors (Lipinski definition) is 1. The average molecular weight is 221 g/mol. The molecule has 16 heavy (non-hydrogen) atoms. The summed E-state index contributed by atoms with van der Waals surface area (Å²) in [4.78, 5) is 0. The first-order valence-electron chi connectivity index (χ1n) is 6.19. The van der Waals surface area contributed by atoms with E-state index < -0.39 is 0 Å². The maximum Gasteiger partial charge on any atom is 0.0714 e. The van der Waals surface area contributed by atoms with Crippen molar-refractivity contribution in [3.05, 3.63) is 17.0 Å². The summed E-state index contributed by atoms with van der Waals surface area (Å²) in [7, 11) is 2.05. The van der Waals surface area contributed by atoms with Gasteiger partial charge in [0.1, 0.15) is 0 Å². The number of rotatable bonds is 1. The highest BCUT2D eigenvalue weighted by Gasteiger charge is 2.26. The van der Waals surface area contributed by atoms with Gasteiger partial charge < -0.3 is 10.1 Å². The van der Waals surface area contributed by atoms with E-state index in [9.17, 15) is 0 Å². The minimum Gasteiger partial charge on any atom is -0.381 e. The van der Waals surface area contributed by atoms with Crippen LogP contribution in [0.1, 0.15) is 35.7 Å². The fourth-order valence-corrected chi connectivity index (χ4v) is 2.82. The maximum absolute atomic E-state index is 5.57. The van der Waals surface area contributed by atoms with Crippen molar-refractivity contribution in [2.75, 3.05) is 19.8 Å². The Labute approximate surface area is 96.0 Å². The number of nitrogens with one attached hydrogen (secondary N) is 1. The van der Waals surface area contributed by atoms with E-state index in [0.29, 0.717) is 5.92 Å². The molecule has 2 aliphatic rings. The molecule has 1 N–H and O–H groups in total. The molecule has 0 bridgehead atoms. The Morgan fingerprint density at radius 1 is 1.50 bits per heavy atom. The van der Waals surface area contributed by atoms with E-state index in [4.69, 9.17) is 9.84 Å². The standard InChI is InChI=1S/C12H19N3O/c1-15-11-7-13-5-4-10(11)12(14-15)9-3-2-6-16-8-9/h9,13H,2-8H2,1H3. The molecule has 1 fully saturated rings. The number of nitrogens with zero attached hydrogens (tertiary/aromatic N) is 2. The van der Waals surface area contributed by atoms with Crippen molar-refractivity contribution < 1.29 is 4.74 Å². The first kappa shape index (κ1) is 10.3. The molecule has 3 rings (SSSR count). The van der Waals surface area contributed by atoms with Crippen LogP contribution in [0.15, 0.2) is 0 Å². The largest absolute Gasteiger partial charge is 0.381 e. The van der Waals surface area contributed by atoms with Crippen LogP contribution < -0.4 is 5.32 Å². The molecule has 0 aromatic carbocycles. The third kappa shape index (κ3) is 1.66. The monoisotopic (exact) mass is 221 g/mol. The lowest BCUT2D eigenvalue weighted by Gasteiger charge is -2.22. The van der Waals surface area contributed by atoms with Crippen molar-refractivity contribution in [3.8, 4) is 0 Å². The van der Waals surface area contributed by atoms with Gasteiger partial charge in [-0.05, 0) is 31.4 Å². The van der Waals surface area contributed by atoms with Crippen LogP contribution in [-0.4, -0.2) is 29.5 Å². The normalized spacial score (nSPS) is 25.4. The number of aryl methyl sites for hydroxylation is 1. The fraction of sp³-hybridized carbons (Fsp3) is 0.750. The second-order valence-corrected chi connectivity index (χ2v) is 4.77. The molecule has 0 saturated carbocycles. The van der Waals surface area contributed by atoms with Crippen LogP contribution in [0.2, 0.25) is 0 Å². The Balaban J connectivity index is 1.93. The van der Waals surface area contributed by atoms with Gasteiger partial charge in [0.2, 0.25) is 0 Å². The lowest BCUT2D eigenvalue weighted by atomic mass is 9.92. The zero-order valence-corrected chi connectivity index (χ0v) is 9.83. The van der Waals surface area contributed by atoms with Gasteiger partial charge in [-0.15, -0.1) is 0 Å². The highest BCUT2D eigenvalue weighted by molar-refractivity contribution is 5.31. The van der Waals surface area contributed by atoms with Gasteiger partial charge in [-0.1, -0.05) is 0 Å². The van der Waals surface area contributed by atoms with Crippen molar-refractivity contribution in [3.63, 3.8) is 0 Å². The summed E-state index contributed by atoms with van der Waals surface area (Å²) < 4.78 is 7.62. The van der Waals surface area contributed by atoms with Gasteiger partial charge in [0.05, 0.1) is 18.0 Å². The van der Waals surface area contributed by atoms with Crippen molar-refractivity contribution in [2.45, 2.75) is 31.7 Å². The molecule has 1 aromatic rings. The third-order valence-electron chi connectivity index (χ3n) is 3.70. The minimum absolute atomic E-state index is 0.529. The number of aromatic nitrogens is 2. The summed E-state index contributed by atoms with van der Waals surface area (Å²) in [5.41, 5.74) is 4.15. The Kier molecular flexibility index (Phi) is 2.69. The summed E-state index contributed by atoms with van der Waals surface area (Å²) >= 11 is 0. The van der Waals surface area contributed by atoms with E-state index >= 15 is 0 Å². The van der Waals surface area contributed by atoms with Crippen LogP contribution in [0.4, 0.5) is 0 Å². The van der Waals surface area contributed by atoms with Gasteiger partial charge in [0, 0.05) is 26.1 Å². The molecule has 4 nitrogen and oxygen atoms in total. The van der Waals surface area contributed by atoms with E-state index in [1.807, 2.05) is 4.68 Å². The second-order valence-electron chi connectivity index (χ2n) is 4.77. The van der Waals surface area contributed by atoms with E-state index in [1.54, 1.807) is 0 Å². The molecule has 1 saturated heterocycles. The topological polar surface area (TPSA) is 39.1 Å². The molecule has 88 valence electrons. The molecular formula is C12H19N3O. The summed E-state index contributed by atoms with van der Waals surface area (Å²) in [5.74, 6) is 0.529. The number of hydrogen-bond acceptors (Lipinski definition) is 3. The molecule has 4 heteroatoms. The Morgan fingerprint density at radius 2 is 2.44 bits per heavy atom. The molecule has 3 heterocycles. The Hall–Kier alpha value is -0.870. The van der Waals surface area contributed by atoms with Crippen molar-refractivity contribution >= 4 is 0 Å². The summed E-state index contributed by atoms with van der Waals surface area (Å²) in [6, 6.07) is 0. The van der Waals surface area contributed by atoms with Gasteiger partial charge in [-0.3, -0.25) is 4.68 Å². The number of fused-ring (bicyclic) bond motifs is 1. The molecule has 1 unspecified atom stereocenters. The van der Waals surface area contributed by atoms with Crippen LogP contribution in [0.3, 0.4) is 0 Å². The van der Waals surface area contributed by atoms with Gasteiger partial charge in [0.25, 0.3) is 0 Å². The molecule has 1 aromatic heterocycles. The van der Waals surface area contributed by atoms with Crippen LogP contribution in [0.25, 0.3) is 0 Å². The van der Waals surface area contributed by atoms with Crippen molar-refractivity contribution in [2.24, 2.45) is 7.05 Å². The molecule has 0 amide bonds. The second kappa shape index (κ2) is 4.18. The van der Waals surface area contributed by atoms with Crippen LogP contribution in [0, 0.1) is 0 Å². The minimum atomic E-state index is 0.529. The molecular weight excluding hydrogens is 202 g/mol. The molecule has 1 atom stereocenters. The first-order valence-corrected chi connectivity index (χ1v) is 6.19. The summed E-state index contributed by atoms with van der Waals surface area (Å²) in [6.07, 6.45) is 3.53. The molecule has 2 aliphatic heterocycles. The van der Waals surface area contributed by atoms with E-state index in [-0.39, 0.29) is 0 Å². The summed E-state index contributed by atoms with van der Waals surface area (Å²) in [5, 5.41) is 8.12. The first-order chi connectivity index (χ1) is 7.86. The predicted octanol–water partition coefficient (Wildman–Crippen LogP) is 0.960. The Bertz CT molecular complexity index is 380. The average Bonchev–Trinajstić information content (AvgIpc) is 2.69. The zero-order valence-electron chi connectivity index (χ0n) is 9.83.